The number of nitrogens with one attached hydrogen (secondary N) is 1. The molecule has 1 aromatic heterocycles. The number of aromatic nitrogens is 2. The van der Waals surface area contributed by atoms with Crippen molar-refractivity contribution in [1.82, 2.24) is 15.2 Å². The highest BCUT2D eigenvalue weighted by Crippen LogP contribution is 2.23. The molecule has 0 bridgehead atoms. The van der Waals surface area contributed by atoms with Crippen LogP contribution >= 0.6 is 23.2 Å². The summed E-state index contributed by atoms with van der Waals surface area (Å²) in [6.45, 7) is 0.0690. The second kappa shape index (κ2) is 9.86. The zero-order valence-corrected chi connectivity index (χ0v) is 16.9. The molecule has 1 amide bonds. The Morgan fingerprint density at radius 2 is 2.13 bits per heavy atom. The van der Waals surface area contributed by atoms with Gasteiger partial charge in [0.15, 0.2) is 0 Å². The Hall–Kier alpha value is -3.43. The van der Waals surface area contributed by atoms with Gasteiger partial charge in [-0.05, 0) is 29.8 Å². The molecule has 1 heterocycles. The first kappa shape index (κ1) is 21.3. The molecule has 1 N–H and O–H groups in total. The first-order valence-electron chi connectivity index (χ1n) is 8.56. The largest absolute Gasteiger partial charge is 0.489 e. The third kappa shape index (κ3) is 6.03. The topological polar surface area (TPSA) is 112 Å². The maximum atomic E-state index is 11.9. The van der Waals surface area contributed by atoms with Crippen LogP contribution in [0.1, 0.15) is 11.1 Å². The van der Waals surface area contributed by atoms with Crippen LogP contribution in [0.25, 0.3) is 0 Å². The number of carbonyl (C=O) groups excluding carboxylic acids is 1. The second-order valence-electron chi connectivity index (χ2n) is 6.04. The molecule has 0 atom stereocenters. The summed E-state index contributed by atoms with van der Waals surface area (Å²) in [4.78, 5) is 21.9. The first-order chi connectivity index (χ1) is 14.4. The van der Waals surface area contributed by atoms with Crippen molar-refractivity contribution >= 4 is 41.0 Å². The molecule has 0 fully saturated rings. The molecule has 154 valence electrons. The van der Waals surface area contributed by atoms with Gasteiger partial charge in [0.2, 0.25) is 0 Å². The molecule has 9 nitrogen and oxygen atoms in total. The molecule has 11 heteroatoms. The zero-order valence-electron chi connectivity index (χ0n) is 15.4. The van der Waals surface area contributed by atoms with Crippen molar-refractivity contribution in [3.05, 3.63) is 86.1 Å². The van der Waals surface area contributed by atoms with Gasteiger partial charge in [0.1, 0.15) is 31.3 Å². The second-order valence-corrected chi connectivity index (χ2v) is 6.89. The third-order valence-corrected chi connectivity index (χ3v) is 4.39. The van der Waals surface area contributed by atoms with Gasteiger partial charge in [-0.25, -0.2) is 5.43 Å². The minimum absolute atomic E-state index is 0.192. The van der Waals surface area contributed by atoms with E-state index < -0.39 is 10.8 Å². The van der Waals surface area contributed by atoms with E-state index in [1.807, 2.05) is 0 Å². The van der Waals surface area contributed by atoms with Crippen LogP contribution in [0.2, 0.25) is 10.0 Å². The average Bonchev–Trinajstić information content (AvgIpc) is 3.16. The van der Waals surface area contributed by atoms with Crippen LogP contribution in [-0.2, 0) is 17.9 Å². The molecule has 3 aromatic rings. The standard InChI is InChI=1S/C19H15Cl2N5O4/c20-15-5-4-14(18(21)7-15)12-30-17-3-1-2-13(6-17)8-22-24-19(27)11-25-10-16(9-23-25)26(28)29/h1-10H,11-12H2,(H,24,27)/b22-8+. The van der Waals surface area contributed by atoms with Crippen LogP contribution in [0.15, 0.2) is 60.0 Å². The predicted octanol–water partition coefficient (Wildman–Crippen LogP) is 3.83. The lowest BCUT2D eigenvalue weighted by Crippen LogP contribution is -2.23. The van der Waals surface area contributed by atoms with E-state index in [9.17, 15) is 14.9 Å². The van der Waals surface area contributed by atoms with Crippen LogP contribution < -0.4 is 10.2 Å². The van der Waals surface area contributed by atoms with Crippen LogP contribution in [0.4, 0.5) is 5.69 Å². The number of amides is 1. The Morgan fingerprint density at radius 1 is 1.30 bits per heavy atom. The Bertz CT molecular complexity index is 1100. The summed E-state index contributed by atoms with van der Waals surface area (Å²) in [5.74, 6) is 0.120. The molecule has 0 saturated heterocycles. The fraction of sp³-hybridized carbons (Fsp3) is 0.105. The van der Waals surface area contributed by atoms with Crippen LogP contribution in [0, 0.1) is 10.1 Å². The summed E-state index contributed by atoms with van der Waals surface area (Å²) in [6.07, 6.45) is 3.68. The Kier molecular flexibility index (Phi) is 6.99. The fourth-order valence-corrected chi connectivity index (χ4v) is 2.84. The maximum Gasteiger partial charge on any atom is 0.307 e. The number of benzene rings is 2. The molecular weight excluding hydrogens is 433 g/mol. The molecule has 0 saturated carbocycles. The van der Waals surface area contributed by atoms with Crippen molar-refractivity contribution in [2.45, 2.75) is 13.2 Å². The van der Waals surface area contributed by atoms with Gasteiger partial charge in [-0.3, -0.25) is 19.6 Å². The molecule has 0 spiro atoms. The number of hydrogen-bond donors (Lipinski definition) is 1. The molecular formula is C19H15Cl2N5O4. The first-order valence-corrected chi connectivity index (χ1v) is 9.32. The number of nitrogens with zero attached hydrogens (tertiary/aromatic N) is 4. The number of carbonyl (C=O) groups is 1. The van der Waals surface area contributed by atoms with Gasteiger partial charge in [-0.1, -0.05) is 41.4 Å². The van der Waals surface area contributed by atoms with Crippen molar-refractivity contribution in [2.24, 2.45) is 5.10 Å². The monoisotopic (exact) mass is 447 g/mol. The van der Waals surface area contributed by atoms with E-state index in [1.54, 1.807) is 42.5 Å². The lowest BCUT2D eigenvalue weighted by Gasteiger charge is -2.08. The number of halogens is 2. The number of hydrazone groups is 1. The summed E-state index contributed by atoms with van der Waals surface area (Å²) in [5.41, 5.74) is 3.64. The number of ether oxygens (including phenoxy) is 1. The minimum atomic E-state index is -0.588. The normalized spacial score (nSPS) is 10.9. The van der Waals surface area contributed by atoms with E-state index >= 15 is 0 Å². The SMILES string of the molecule is O=C(Cn1cc([N+](=O)[O-])cn1)N/N=C/c1cccc(OCc2ccc(Cl)cc2Cl)c1. The smallest absolute Gasteiger partial charge is 0.307 e. The highest BCUT2D eigenvalue weighted by Gasteiger charge is 2.10. The van der Waals surface area contributed by atoms with Crippen molar-refractivity contribution in [1.29, 1.82) is 0 Å². The fourth-order valence-electron chi connectivity index (χ4n) is 2.38. The van der Waals surface area contributed by atoms with Gasteiger partial charge >= 0.3 is 5.69 Å². The summed E-state index contributed by atoms with van der Waals surface area (Å²) in [5, 5.41) is 19.3. The lowest BCUT2D eigenvalue weighted by molar-refractivity contribution is -0.385. The number of rotatable bonds is 8. The summed E-state index contributed by atoms with van der Waals surface area (Å²) in [6, 6.07) is 12.3. The van der Waals surface area contributed by atoms with Gasteiger partial charge in [0.05, 0.1) is 11.1 Å². The molecule has 3 rings (SSSR count). The Balaban J connectivity index is 1.53. The van der Waals surface area contributed by atoms with E-state index in [2.05, 4.69) is 15.6 Å². The molecule has 2 aromatic carbocycles. The van der Waals surface area contributed by atoms with Crippen LogP contribution in [0.5, 0.6) is 5.75 Å². The quantitative estimate of drug-likeness (QED) is 0.320. The van der Waals surface area contributed by atoms with Crippen molar-refractivity contribution in [3.8, 4) is 5.75 Å². The third-order valence-electron chi connectivity index (χ3n) is 3.81. The summed E-state index contributed by atoms with van der Waals surface area (Å²) < 4.78 is 6.89. The highest BCUT2D eigenvalue weighted by atomic mass is 35.5. The lowest BCUT2D eigenvalue weighted by atomic mass is 10.2. The maximum absolute atomic E-state index is 11.9. The predicted molar refractivity (Wildman–Crippen MR) is 112 cm³/mol. The van der Waals surface area contributed by atoms with Gasteiger partial charge < -0.3 is 4.74 Å². The molecule has 0 aliphatic heterocycles. The van der Waals surface area contributed by atoms with Crippen LogP contribution in [-0.4, -0.2) is 26.8 Å². The molecule has 0 aliphatic carbocycles. The van der Waals surface area contributed by atoms with E-state index in [0.717, 1.165) is 22.6 Å². The highest BCUT2D eigenvalue weighted by molar-refractivity contribution is 6.35. The Labute approximate surface area is 181 Å². The van der Waals surface area contributed by atoms with Crippen molar-refractivity contribution < 1.29 is 14.5 Å². The van der Waals surface area contributed by atoms with Gasteiger partial charge in [-0.15, -0.1) is 0 Å². The summed E-state index contributed by atoms with van der Waals surface area (Å²) >= 11 is 12.0. The Morgan fingerprint density at radius 3 is 2.87 bits per heavy atom. The molecule has 0 aliphatic rings. The van der Waals surface area contributed by atoms with Crippen molar-refractivity contribution in [3.63, 3.8) is 0 Å². The average molecular weight is 448 g/mol. The number of nitro groups is 1. The van der Waals surface area contributed by atoms with Gasteiger partial charge in [-0.2, -0.15) is 10.2 Å². The van der Waals surface area contributed by atoms with E-state index in [0.29, 0.717) is 21.4 Å². The summed E-state index contributed by atoms with van der Waals surface area (Å²) in [7, 11) is 0. The van der Waals surface area contributed by atoms with Crippen molar-refractivity contribution in [2.75, 3.05) is 0 Å². The number of hydrogen-bond acceptors (Lipinski definition) is 6. The minimum Gasteiger partial charge on any atom is -0.489 e. The van der Waals surface area contributed by atoms with E-state index in [1.165, 1.54) is 6.21 Å². The molecule has 0 unspecified atom stereocenters. The van der Waals surface area contributed by atoms with Crippen LogP contribution in [0.3, 0.4) is 0 Å². The molecule has 0 radical (unpaired) electrons. The molecule has 30 heavy (non-hydrogen) atoms. The van der Waals surface area contributed by atoms with Gasteiger partial charge in [0.25, 0.3) is 5.91 Å². The van der Waals surface area contributed by atoms with E-state index in [-0.39, 0.29) is 18.8 Å². The van der Waals surface area contributed by atoms with E-state index in [4.69, 9.17) is 27.9 Å². The zero-order chi connectivity index (χ0) is 21.5. The van der Waals surface area contributed by atoms with Gasteiger partial charge in [0, 0.05) is 15.6 Å².